The number of halogens is 1. The molecule has 0 aliphatic heterocycles. The first-order valence-corrected chi connectivity index (χ1v) is 9.85. The Morgan fingerprint density at radius 2 is 2.04 bits per heavy atom. The Bertz CT molecular complexity index is 713. The quantitative estimate of drug-likeness (QED) is 0.526. The number of hydrogen-bond acceptors (Lipinski definition) is 7. The highest BCUT2D eigenvalue weighted by Gasteiger charge is 2.25. The highest BCUT2D eigenvalue weighted by atomic mass is 35.5. The van der Waals surface area contributed by atoms with Gasteiger partial charge in [-0.05, 0) is 18.4 Å². The molecule has 8 nitrogen and oxygen atoms in total. The number of aliphatic hydroxyl groups is 1. The summed E-state index contributed by atoms with van der Waals surface area (Å²) in [5.74, 6) is -1.55. The zero-order valence-corrected chi connectivity index (χ0v) is 15.7. The molecular formula is C13H21ClN4O4S2. The van der Waals surface area contributed by atoms with E-state index in [9.17, 15) is 13.8 Å². The fourth-order valence-electron chi connectivity index (χ4n) is 1.66. The minimum absolute atomic E-state index is 0.0936. The topological polar surface area (TPSA) is 148 Å². The van der Waals surface area contributed by atoms with Gasteiger partial charge in [-0.1, -0.05) is 25.4 Å². The molecule has 0 saturated heterocycles. The first kappa shape index (κ1) is 21.0. The van der Waals surface area contributed by atoms with E-state index in [1.54, 1.807) is 0 Å². The number of nitrogens with zero attached hydrogens (tertiary/aromatic N) is 1. The van der Waals surface area contributed by atoms with Gasteiger partial charge >= 0.3 is 0 Å². The second-order valence-electron chi connectivity index (χ2n) is 5.53. The van der Waals surface area contributed by atoms with Crippen LogP contribution in [-0.4, -0.2) is 39.8 Å². The fourth-order valence-corrected chi connectivity index (χ4v) is 4.76. The average Bonchev–Trinajstić information content (AvgIpc) is 2.92. The summed E-state index contributed by atoms with van der Waals surface area (Å²) in [6.45, 7) is 3.12. The molecule has 0 aromatic carbocycles. The molecule has 11 heteroatoms. The smallest absolute Gasteiger partial charge is 0.272 e. The van der Waals surface area contributed by atoms with Gasteiger partial charge in [-0.3, -0.25) is 14.3 Å². The molecule has 1 heterocycles. The highest BCUT2D eigenvalue weighted by Crippen LogP contribution is 2.25. The molecule has 0 fully saturated rings. The van der Waals surface area contributed by atoms with E-state index >= 15 is 0 Å². The van der Waals surface area contributed by atoms with Gasteiger partial charge in [0.15, 0.2) is 9.92 Å². The maximum atomic E-state index is 13.1. The van der Waals surface area contributed by atoms with E-state index in [0.29, 0.717) is 6.42 Å². The van der Waals surface area contributed by atoms with Crippen molar-refractivity contribution >= 4 is 44.7 Å². The average molecular weight is 397 g/mol. The molecule has 3 atom stereocenters. The van der Waals surface area contributed by atoms with Crippen LogP contribution in [0.1, 0.15) is 20.3 Å². The van der Waals surface area contributed by atoms with Crippen LogP contribution in [0.2, 0.25) is 5.02 Å². The van der Waals surface area contributed by atoms with Crippen molar-refractivity contribution in [2.24, 2.45) is 21.7 Å². The van der Waals surface area contributed by atoms with Crippen molar-refractivity contribution in [1.82, 2.24) is 4.72 Å². The molecule has 6 N–H and O–H groups in total. The molecule has 0 spiro atoms. The maximum Gasteiger partial charge on any atom is 0.272 e. The molecule has 24 heavy (non-hydrogen) atoms. The van der Waals surface area contributed by atoms with Gasteiger partial charge in [0.05, 0.1) is 17.7 Å². The number of carbonyl (C=O) groups excluding carboxylic acids is 2. The molecule has 0 radical (unpaired) electrons. The van der Waals surface area contributed by atoms with Crippen molar-refractivity contribution in [2.45, 2.75) is 36.6 Å². The molecule has 136 valence electrons. The molecular weight excluding hydrogens is 376 g/mol. The molecule has 1 aromatic rings. The van der Waals surface area contributed by atoms with Gasteiger partial charge in [-0.25, -0.2) is 4.21 Å². The van der Waals surface area contributed by atoms with Gasteiger partial charge in [-0.2, -0.15) is 0 Å². The van der Waals surface area contributed by atoms with Crippen LogP contribution < -0.4 is 16.2 Å². The van der Waals surface area contributed by atoms with E-state index in [2.05, 4.69) is 9.08 Å². The summed E-state index contributed by atoms with van der Waals surface area (Å²) in [6, 6.07) is -0.898. The van der Waals surface area contributed by atoms with Crippen LogP contribution in [0, 0.1) is 5.92 Å². The standard InChI is InChI=1S/C13H21ClN4O4S2/c1-7(2)3-9(15)12(20)17-24(22,11-4-8(14)6-23-11)18-13(21)10(16)5-19/h4,6-7,9-10,19H,3,5,15-16H2,1-2H3,(H,17,18,20,21,22)/t9?,10-,24?/m0/s1. The first-order chi connectivity index (χ1) is 11.1. The van der Waals surface area contributed by atoms with Crippen LogP contribution in [0.5, 0.6) is 0 Å². The Morgan fingerprint density at radius 3 is 2.50 bits per heavy atom. The minimum Gasteiger partial charge on any atom is -0.394 e. The van der Waals surface area contributed by atoms with Crippen molar-refractivity contribution in [1.29, 1.82) is 0 Å². The van der Waals surface area contributed by atoms with Gasteiger partial charge in [0.1, 0.15) is 10.3 Å². The number of thiophene rings is 1. The first-order valence-electron chi connectivity index (χ1n) is 7.07. The normalized spacial score (nSPS) is 16.3. The number of amides is 2. The van der Waals surface area contributed by atoms with Gasteiger partial charge < -0.3 is 16.6 Å². The number of nitrogens with two attached hydrogens (primary N) is 2. The van der Waals surface area contributed by atoms with E-state index in [0.717, 1.165) is 11.3 Å². The third kappa shape index (κ3) is 5.80. The van der Waals surface area contributed by atoms with Crippen LogP contribution in [0.25, 0.3) is 0 Å². The van der Waals surface area contributed by atoms with Crippen molar-refractivity contribution in [3.63, 3.8) is 0 Å². The van der Waals surface area contributed by atoms with Gasteiger partial charge in [0, 0.05) is 5.38 Å². The van der Waals surface area contributed by atoms with Gasteiger partial charge in [0.2, 0.25) is 0 Å². The van der Waals surface area contributed by atoms with E-state index in [4.69, 9.17) is 28.2 Å². The molecule has 1 aromatic heterocycles. The Hall–Kier alpha value is -1.04. The minimum atomic E-state index is -3.64. The Kier molecular flexibility index (Phi) is 7.77. The lowest BCUT2D eigenvalue weighted by molar-refractivity contribution is -0.121. The van der Waals surface area contributed by atoms with Crippen LogP contribution >= 0.6 is 22.9 Å². The van der Waals surface area contributed by atoms with Crippen LogP contribution in [-0.2, 0) is 19.5 Å². The Morgan fingerprint density at radius 1 is 1.42 bits per heavy atom. The summed E-state index contributed by atoms with van der Waals surface area (Å²) in [6.07, 6.45) is 0.354. The van der Waals surface area contributed by atoms with E-state index in [1.165, 1.54) is 11.4 Å². The van der Waals surface area contributed by atoms with Gasteiger partial charge in [-0.15, -0.1) is 15.7 Å². The fraction of sp³-hybridized carbons (Fsp3) is 0.538. The molecule has 0 aliphatic rings. The maximum absolute atomic E-state index is 13.1. The van der Waals surface area contributed by atoms with Gasteiger partial charge in [0.25, 0.3) is 11.8 Å². The Balaban J connectivity index is 3.23. The summed E-state index contributed by atoms with van der Waals surface area (Å²) < 4.78 is 18.9. The van der Waals surface area contributed by atoms with Crippen LogP contribution in [0.15, 0.2) is 20.0 Å². The number of nitrogens with one attached hydrogen (secondary N) is 1. The lowest BCUT2D eigenvalue weighted by Crippen LogP contribution is -2.45. The molecule has 2 amide bonds. The summed E-state index contributed by atoms with van der Waals surface area (Å²) in [5, 5.41) is 10.7. The predicted octanol–water partition coefficient (Wildman–Crippen LogP) is 0.479. The number of aliphatic hydroxyl groups excluding tert-OH is 1. The van der Waals surface area contributed by atoms with E-state index < -0.39 is 40.4 Å². The lowest BCUT2D eigenvalue weighted by atomic mass is 10.0. The zero-order chi connectivity index (χ0) is 18.5. The molecule has 1 rings (SSSR count). The highest BCUT2D eigenvalue weighted by molar-refractivity contribution is 7.94. The monoisotopic (exact) mass is 396 g/mol. The molecule has 0 aliphatic carbocycles. The summed E-state index contributed by atoms with van der Waals surface area (Å²) in [5.41, 5.74) is 11.2. The van der Waals surface area contributed by atoms with Crippen molar-refractivity contribution < 1.29 is 18.9 Å². The molecule has 0 bridgehead atoms. The third-order valence-electron chi connectivity index (χ3n) is 2.85. The Labute approximate surface area is 149 Å². The second-order valence-corrected chi connectivity index (χ2v) is 9.02. The third-order valence-corrected chi connectivity index (χ3v) is 6.46. The second kappa shape index (κ2) is 8.88. The van der Waals surface area contributed by atoms with Crippen LogP contribution in [0.4, 0.5) is 0 Å². The van der Waals surface area contributed by atoms with E-state index in [1.807, 2.05) is 13.8 Å². The summed E-state index contributed by atoms with van der Waals surface area (Å²) >= 11 is 6.79. The van der Waals surface area contributed by atoms with Crippen molar-refractivity contribution in [3.8, 4) is 0 Å². The predicted molar refractivity (Wildman–Crippen MR) is 93.8 cm³/mol. The summed E-state index contributed by atoms with van der Waals surface area (Å²) in [7, 11) is -3.64. The number of rotatable bonds is 7. The van der Waals surface area contributed by atoms with Crippen molar-refractivity contribution in [2.75, 3.05) is 6.61 Å². The summed E-state index contributed by atoms with van der Waals surface area (Å²) in [4.78, 5) is 24.1. The zero-order valence-electron chi connectivity index (χ0n) is 13.3. The van der Waals surface area contributed by atoms with E-state index in [-0.39, 0.29) is 15.1 Å². The molecule has 2 unspecified atom stereocenters. The van der Waals surface area contributed by atoms with Crippen molar-refractivity contribution in [3.05, 3.63) is 16.5 Å². The number of hydrogen-bond donors (Lipinski definition) is 4. The lowest BCUT2D eigenvalue weighted by Gasteiger charge is -2.15. The largest absolute Gasteiger partial charge is 0.394 e. The van der Waals surface area contributed by atoms with Crippen LogP contribution in [0.3, 0.4) is 0 Å². The SMILES string of the molecule is CC(C)CC(N)C(=O)N=S(=O)(NC(=O)[C@@H](N)CO)c1cc(Cl)cs1. The molecule has 0 saturated carbocycles. The number of carbonyl (C=O) groups is 2.